The van der Waals surface area contributed by atoms with Crippen LogP contribution in [-0.4, -0.2) is 19.5 Å². The number of fused-ring (bicyclic) bond motifs is 6. The third-order valence-electron chi connectivity index (χ3n) is 13.3. The van der Waals surface area contributed by atoms with Crippen LogP contribution in [0.1, 0.15) is 49.7 Å². The lowest BCUT2D eigenvalue weighted by Gasteiger charge is -2.57. The van der Waals surface area contributed by atoms with Crippen LogP contribution >= 0.6 is 0 Å². The fraction of sp³-hybridized carbons (Fsp3) is 0.200. The molecule has 0 aliphatic heterocycles. The molecule has 0 radical (unpaired) electrons. The Morgan fingerprint density at radius 2 is 1.11 bits per heavy atom. The maximum atomic E-state index is 9.43. The summed E-state index contributed by atoms with van der Waals surface area (Å²) in [6.45, 7) is 0. The lowest BCUT2D eigenvalue weighted by molar-refractivity contribution is -0.00518. The van der Waals surface area contributed by atoms with E-state index in [1.165, 1.54) is 44.1 Å². The Morgan fingerprint density at radius 1 is 0.536 bits per heavy atom. The molecule has 4 aliphatic rings. The van der Waals surface area contributed by atoms with Gasteiger partial charge in [0.25, 0.3) is 0 Å². The van der Waals surface area contributed by atoms with Crippen molar-refractivity contribution in [2.45, 2.75) is 43.9 Å². The molecule has 3 heterocycles. The number of benzene rings is 6. The predicted octanol–water partition coefficient (Wildman–Crippen LogP) is 12.2. The van der Waals surface area contributed by atoms with E-state index in [-0.39, 0.29) is 0 Å². The first-order valence-electron chi connectivity index (χ1n) is 19.9. The minimum Gasteiger partial charge on any atom is -0.456 e. The Kier molecular flexibility index (Phi) is 6.78. The van der Waals surface area contributed by atoms with Crippen molar-refractivity contribution in [3.63, 3.8) is 0 Å². The monoisotopic (exact) mass is 723 g/mol. The standard InChI is InChI=1S/C50H37N5O/c51-29-30-9-17-38(18-10-30)55-43-7-3-1-5-39(43)42-24-35(14-20-44(42)55)48-52-47(34-11-15-37(16-12-34)50-26-31-21-32(27-50)23-33(22-31)28-50)53-49(54-48)36-13-19-41-40-6-2-4-8-45(40)56-46(41)25-36/h1-20,24-25,31-33H,21-23,26-28H2/t31-,32+,33-,50?. The molecule has 0 atom stereocenters. The van der Waals surface area contributed by atoms with E-state index in [1.807, 2.05) is 42.5 Å². The topological polar surface area (TPSA) is 80.5 Å². The molecule has 6 heteroatoms. The molecule has 0 N–H and O–H groups in total. The lowest BCUT2D eigenvalue weighted by atomic mass is 9.48. The number of hydrogen-bond acceptors (Lipinski definition) is 5. The first-order valence-corrected chi connectivity index (χ1v) is 19.9. The zero-order valence-corrected chi connectivity index (χ0v) is 30.8. The molecular formula is C50H37N5O. The first-order chi connectivity index (χ1) is 27.6. The highest BCUT2D eigenvalue weighted by atomic mass is 16.3. The zero-order chi connectivity index (χ0) is 37.0. The van der Waals surface area contributed by atoms with Gasteiger partial charge in [-0.05, 0) is 134 Å². The average Bonchev–Trinajstić information content (AvgIpc) is 3.78. The van der Waals surface area contributed by atoms with E-state index in [1.54, 1.807) is 0 Å². The van der Waals surface area contributed by atoms with Gasteiger partial charge >= 0.3 is 0 Å². The molecule has 4 aliphatic carbocycles. The van der Waals surface area contributed by atoms with Crippen molar-refractivity contribution in [3.8, 4) is 45.9 Å². The second-order valence-corrected chi connectivity index (χ2v) is 16.6. The average molecular weight is 724 g/mol. The molecular weight excluding hydrogens is 687 g/mol. The highest BCUT2D eigenvalue weighted by Crippen LogP contribution is 2.60. The summed E-state index contributed by atoms with van der Waals surface area (Å²) in [5.74, 6) is 4.58. The van der Waals surface area contributed by atoms with Gasteiger partial charge in [-0.15, -0.1) is 0 Å². The zero-order valence-electron chi connectivity index (χ0n) is 30.8. The number of furan rings is 1. The van der Waals surface area contributed by atoms with Crippen molar-refractivity contribution in [1.82, 2.24) is 19.5 Å². The molecule has 6 nitrogen and oxygen atoms in total. The van der Waals surface area contributed by atoms with Crippen molar-refractivity contribution < 1.29 is 4.42 Å². The van der Waals surface area contributed by atoms with Crippen molar-refractivity contribution in [1.29, 1.82) is 5.26 Å². The lowest BCUT2D eigenvalue weighted by Crippen LogP contribution is -2.48. The van der Waals surface area contributed by atoms with Gasteiger partial charge in [0.1, 0.15) is 11.2 Å². The number of nitrogens with zero attached hydrogens (tertiary/aromatic N) is 5. The number of rotatable bonds is 5. The summed E-state index contributed by atoms with van der Waals surface area (Å²) in [6, 6.07) is 48.6. The van der Waals surface area contributed by atoms with E-state index >= 15 is 0 Å². The van der Waals surface area contributed by atoms with Crippen molar-refractivity contribution >= 4 is 43.7 Å². The molecule has 6 aromatic carbocycles. The SMILES string of the molecule is N#Cc1ccc(-n2c3ccccc3c3cc(-c4nc(-c5ccc(C67C[C@H]8C[C@@H](C6)C[C@@H](C7)C8)cc5)nc(-c5ccc6c(c5)oc5ccccc56)n4)ccc32)cc1. The maximum absolute atomic E-state index is 9.43. The molecule has 4 saturated carbocycles. The number of aromatic nitrogens is 4. The molecule has 56 heavy (non-hydrogen) atoms. The van der Waals surface area contributed by atoms with Crippen molar-refractivity contribution in [2.75, 3.05) is 0 Å². The largest absolute Gasteiger partial charge is 0.456 e. The van der Waals surface area contributed by atoms with Gasteiger partial charge in [-0.1, -0.05) is 66.7 Å². The van der Waals surface area contributed by atoms with Crippen LogP contribution in [0.2, 0.25) is 0 Å². The van der Waals surface area contributed by atoms with E-state index in [4.69, 9.17) is 19.4 Å². The van der Waals surface area contributed by atoms with Crippen LogP contribution in [0.25, 0.3) is 83.6 Å². The molecule has 0 amide bonds. The fourth-order valence-corrected chi connectivity index (χ4v) is 11.1. The summed E-state index contributed by atoms with van der Waals surface area (Å²) in [6.07, 6.45) is 8.34. The fourth-order valence-electron chi connectivity index (χ4n) is 11.1. The van der Waals surface area contributed by atoms with Gasteiger partial charge < -0.3 is 8.98 Å². The number of hydrogen-bond donors (Lipinski definition) is 0. The second-order valence-electron chi connectivity index (χ2n) is 16.6. The van der Waals surface area contributed by atoms with Gasteiger partial charge in [-0.2, -0.15) is 5.26 Å². The summed E-state index contributed by atoms with van der Waals surface area (Å²) in [7, 11) is 0. The predicted molar refractivity (Wildman–Crippen MR) is 222 cm³/mol. The van der Waals surface area contributed by atoms with Crippen molar-refractivity contribution in [3.05, 3.63) is 145 Å². The molecule has 0 saturated heterocycles. The van der Waals surface area contributed by atoms with E-state index in [2.05, 4.69) is 102 Å². The molecule has 13 rings (SSSR count). The van der Waals surface area contributed by atoms with Crippen molar-refractivity contribution in [2.24, 2.45) is 17.8 Å². The van der Waals surface area contributed by atoms with Crippen LogP contribution in [-0.2, 0) is 5.41 Å². The number of para-hydroxylation sites is 2. The third-order valence-corrected chi connectivity index (χ3v) is 13.3. The number of nitriles is 1. The van der Waals surface area contributed by atoms with Crippen LogP contribution < -0.4 is 0 Å². The Balaban J connectivity index is 1.00. The normalized spacial score (nSPS) is 21.4. The van der Waals surface area contributed by atoms with Gasteiger partial charge in [0.05, 0.1) is 22.7 Å². The Bertz CT molecular complexity index is 3040. The first kappa shape index (κ1) is 31.7. The molecule has 4 fully saturated rings. The van der Waals surface area contributed by atoms with Crippen LogP contribution in [0, 0.1) is 29.1 Å². The Morgan fingerprint density at radius 3 is 1.82 bits per heavy atom. The van der Waals surface area contributed by atoms with Gasteiger partial charge in [-0.3, -0.25) is 0 Å². The summed E-state index contributed by atoms with van der Waals surface area (Å²) in [5.41, 5.74) is 10.1. The van der Waals surface area contributed by atoms with Gasteiger partial charge in [0, 0.05) is 43.9 Å². The maximum Gasteiger partial charge on any atom is 0.164 e. The summed E-state index contributed by atoms with van der Waals surface area (Å²) < 4.78 is 8.57. The Hall–Kier alpha value is -6.58. The highest BCUT2D eigenvalue weighted by molar-refractivity contribution is 6.10. The van der Waals surface area contributed by atoms with E-state index in [9.17, 15) is 5.26 Å². The van der Waals surface area contributed by atoms with Crippen LogP contribution in [0.4, 0.5) is 0 Å². The van der Waals surface area contributed by atoms with Gasteiger partial charge in [0.15, 0.2) is 17.5 Å². The van der Waals surface area contributed by atoms with Crippen LogP contribution in [0.15, 0.2) is 138 Å². The second kappa shape index (κ2) is 12.0. The van der Waals surface area contributed by atoms with Crippen LogP contribution in [0.5, 0.6) is 0 Å². The summed E-state index contributed by atoms with van der Waals surface area (Å²) in [4.78, 5) is 15.5. The Labute approximate surface area is 324 Å². The molecule has 9 aromatic rings. The van der Waals surface area contributed by atoms with E-state index in [0.717, 1.165) is 83.9 Å². The third kappa shape index (κ3) is 4.90. The van der Waals surface area contributed by atoms with E-state index in [0.29, 0.717) is 28.5 Å². The summed E-state index contributed by atoms with van der Waals surface area (Å²) >= 11 is 0. The van der Waals surface area contributed by atoms with Gasteiger partial charge in [0.2, 0.25) is 0 Å². The van der Waals surface area contributed by atoms with Gasteiger partial charge in [-0.25, -0.2) is 15.0 Å². The van der Waals surface area contributed by atoms with E-state index < -0.39 is 0 Å². The highest BCUT2D eigenvalue weighted by Gasteiger charge is 2.51. The molecule has 3 aromatic heterocycles. The molecule has 0 unspecified atom stereocenters. The van der Waals surface area contributed by atoms with Crippen LogP contribution in [0.3, 0.4) is 0 Å². The quantitative estimate of drug-likeness (QED) is 0.177. The minimum atomic E-state index is 0.330. The summed E-state index contributed by atoms with van der Waals surface area (Å²) in [5, 5.41) is 13.8. The molecule has 0 spiro atoms. The molecule has 4 bridgehead atoms. The molecule has 268 valence electrons. The minimum absolute atomic E-state index is 0.330. The smallest absolute Gasteiger partial charge is 0.164 e.